The van der Waals surface area contributed by atoms with Crippen molar-refractivity contribution in [1.82, 2.24) is 4.98 Å². The molecular formula is C20H19N3O4. The number of oxazole rings is 1. The number of hydrogen-bond donors (Lipinski definition) is 2. The van der Waals surface area contributed by atoms with Crippen molar-refractivity contribution < 1.29 is 18.7 Å². The van der Waals surface area contributed by atoms with Crippen LogP contribution < -0.4 is 15.4 Å². The molecule has 0 saturated heterocycles. The first-order valence-electron chi connectivity index (χ1n) is 8.30. The van der Waals surface area contributed by atoms with Gasteiger partial charge < -0.3 is 19.8 Å². The fraction of sp³-hybridized carbons (Fsp3) is 0.150. The highest BCUT2D eigenvalue weighted by molar-refractivity contribution is 5.95. The molecule has 0 aliphatic heterocycles. The molecule has 1 aromatic heterocycles. The lowest BCUT2D eigenvalue weighted by atomic mass is 10.2. The maximum absolute atomic E-state index is 12.4. The average Bonchev–Trinajstić information content (AvgIpc) is 3.10. The van der Waals surface area contributed by atoms with Crippen LogP contribution in [0.25, 0.3) is 11.5 Å². The second-order valence-corrected chi connectivity index (χ2v) is 5.83. The van der Waals surface area contributed by atoms with E-state index in [1.165, 1.54) is 20.3 Å². The zero-order chi connectivity index (χ0) is 19.2. The van der Waals surface area contributed by atoms with Crippen molar-refractivity contribution in [3.63, 3.8) is 0 Å². The molecule has 7 heteroatoms. The summed E-state index contributed by atoms with van der Waals surface area (Å²) >= 11 is 0. The van der Waals surface area contributed by atoms with Gasteiger partial charge in [0.1, 0.15) is 12.0 Å². The number of anilines is 2. The molecule has 1 heterocycles. The molecule has 0 bridgehead atoms. The van der Waals surface area contributed by atoms with Crippen LogP contribution in [0.15, 0.2) is 59.2 Å². The summed E-state index contributed by atoms with van der Waals surface area (Å²) in [7, 11) is 1.51. The van der Waals surface area contributed by atoms with E-state index < -0.39 is 0 Å². The number of benzene rings is 2. The van der Waals surface area contributed by atoms with Gasteiger partial charge in [-0.1, -0.05) is 18.2 Å². The van der Waals surface area contributed by atoms with E-state index in [0.29, 0.717) is 28.7 Å². The molecule has 0 aliphatic carbocycles. The van der Waals surface area contributed by atoms with E-state index >= 15 is 0 Å². The van der Waals surface area contributed by atoms with Crippen LogP contribution in [0.2, 0.25) is 0 Å². The molecule has 27 heavy (non-hydrogen) atoms. The molecule has 0 fully saturated rings. The van der Waals surface area contributed by atoms with Crippen LogP contribution in [0.1, 0.15) is 12.6 Å². The number of hydrogen-bond acceptors (Lipinski definition) is 5. The molecule has 0 atom stereocenters. The van der Waals surface area contributed by atoms with Crippen LogP contribution in [-0.4, -0.2) is 23.9 Å². The number of nitrogens with zero attached hydrogens (tertiary/aromatic N) is 1. The van der Waals surface area contributed by atoms with E-state index in [1.807, 2.05) is 30.3 Å². The second kappa shape index (κ2) is 8.18. The monoisotopic (exact) mass is 365 g/mol. The summed E-state index contributed by atoms with van der Waals surface area (Å²) in [6.07, 6.45) is 1.51. The minimum absolute atomic E-state index is 0.0455. The van der Waals surface area contributed by atoms with Crippen molar-refractivity contribution in [1.29, 1.82) is 0 Å². The molecule has 7 nitrogen and oxygen atoms in total. The highest BCUT2D eigenvalue weighted by Gasteiger charge is 2.13. The number of aromatic nitrogens is 1. The van der Waals surface area contributed by atoms with Gasteiger partial charge in [-0.15, -0.1) is 0 Å². The summed E-state index contributed by atoms with van der Waals surface area (Å²) in [5.74, 6) is 0.473. The molecule has 0 radical (unpaired) electrons. The van der Waals surface area contributed by atoms with Gasteiger partial charge in [-0.05, 0) is 30.3 Å². The minimum atomic E-state index is -0.277. The van der Waals surface area contributed by atoms with Crippen LogP contribution >= 0.6 is 0 Å². The zero-order valence-corrected chi connectivity index (χ0v) is 15.0. The Hall–Kier alpha value is -3.61. The number of ether oxygens (including phenoxy) is 1. The zero-order valence-electron chi connectivity index (χ0n) is 15.0. The van der Waals surface area contributed by atoms with E-state index in [-0.39, 0.29) is 18.2 Å². The molecular weight excluding hydrogens is 346 g/mol. The fourth-order valence-electron chi connectivity index (χ4n) is 2.55. The Morgan fingerprint density at radius 1 is 1.11 bits per heavy atom. The molecule has 3 rings (SSSR count). The van der Waals surface area contributed by atoms with E-state index in [4.69, 9.17) is 9.15 Å². The largest absolute Gasteiger partial charge is 0.495 e. The maximum atomic E-state index is 12.4. The SMILES string of the molecule is COc1ccc(NC(C)=O)cc1NC(=O)Cc1coc(-c2ccccc2)n1. The van der Waals surface area contributed by atoms with Crippen LogP contribution in [0, 0.1) is 0 Å². The summed E-state index contributed by atoms with van der Waals surface area (Å²) in [5.41, 5.74) is 2.38. The number of rotatable bonds is 6. The summed E-state index contributed by atoms with van der Waals surface area (Å²) in [4.78, 5) is 28.0. The number of methoxy groups -OCH3 is 1. The van der Waals surface area contributed by atoms with Gasteiger partial charge in [-0.3, -0.25) is 9.59 Å². The highest BCUT2D eigenvalue weighted by Crippen LogP contribution is 2.28. The van der Waals surface area contributed by atoms with Gasteiger partial charge in [0.05, 0.1) is 24.9 Å². The molecule has 0 spiro atoms. The van der Waals surface area contributed by atoms with E-state index in [2.05, 4.69) is 15.6 Å². The smallest absolute Gasteiger partial charge is 0.230 e. The van der Waals surface area contributed by atoms with Crippen LogP contribution in [0.3, 0.4) is 0 Å². The molecule has 2 N–H and O–H groups in total. The van der Waals surface area contributed by atoms with Gasteiger partial charge in [-0.25, -0.2) is 4.98 Å². The van der Waals surface area contributed by atoms with Gasteiger partial charge in [0.2, 0.25) is 17.7 Å². The lowest BCUT2D eigenvalue weighted by molar-refractivity contribution is -0.116. The first kappa shape index (κ1) is 18.2. The third-order valence-electron chi connectivity index (χ3n) is 3.71. The normalized spacial score (nSPS) is 10.3. The summed E-state index contributed by atoms with van der Waals surface area (Å²) in [6.45, 7) is 1.41. The summed E-state index contributed by atoms with van der Waals surface area (Å²) in [5, 5.41) is 5.44. The fourth-order valence-corrected chi connectivity index (χ4v) is 2.55. The van der Waals surface area contributed by atoms with Crippen LogP contribution in [0.4, 0.5) is 11.4 Å². The molecule has 0 aliphatic rings. The lowest BCUT2D eigenvalue weighted by Crippen LogP contribution is -2.15. The molecule has 3 aromatic rings. The van der Waals surface area contributed by atoms with Crippen molar-refractivity contribution in [2.75, 3.05) is 17.7 Å². The number of carbonyl (C=O) groups is 2. The van der Waals surface area contributed by atoms with Gasteiger partial charge in [-0.2, -0.15) is 0 Å². The highest BCUT2D eigenvalue weighted by atomic mass is 16.5. The quantitative estimate of drug-likeness (QED) is 0.697. The van der Waals surface area contributed by atoms with Crippen molar-refractivity contribution >= 4 is 23.2 Å². The number of nitrogens with one attached hydrogen (secondary N) is 2. The molecule has 138 valence electrons. The van der Waals surface area contributed by atoms with Crippen LogP contribution in [-0.2, 0) is 16.0 Å². The molecule has 2 amide bonds. The Bertz CT molecular complexity index is 951. The first-order valence-corrected chi connectivity index (χ1v) is 8.30. The Kier molecular flexibility index (Phi) is 5.51. The number of amides is 2. The van der Waals surface area contributed by atoms with E-state index in [1.54, 1.807) is 18.2 Å². The predicted molar refractivity (Wildman–Crippen MR) is 102 cm³/mol. The first-order chi connectivity index (χ1) is 13.0. The average molecular weight is 365 g/mol. The van der Waals surface area contributed by atoms with Crippen molar-refractivity contribution in [2.24, 2.45) is 0 Å². The third kappa shape index (κ3) is 4.72. The predicted octanol–water partition coefficient (Wildman–Crippen LogP) is 3.49. The Balaban J connectivity index is 1.71. The standard InChI is InChI=1S/C20H19N3O4/c1-13(24)21-15-8-9-18(26-2)17(10-15)23-19(25)11-16-12-27-20(22-16)14-6-4-3-5-7-14/h3-10,12H,11H2,1-2H3,(H,21,24)(H,23,25). The second-order valence-electron chi connectivity index (χ2n) is 5.83. The van der Waals surface area contributed by atoms with Crippen molar-refractivity contribution in [2.45, 2.75) is 13.3 Å². The minimum Gasteiger partial charge on any atom is -0.495 e. The Morgan fingerprint density at radius 2 is 1.89 bits per heavy atom. The van der Waals surface area contributed by atoms with Crippen LogP contribution in [0.5, 0.6) is 5.75 Å². The maximum Gasteiger partial charge on any atom is 0.230 e. The van der Waals surface area contributed by atoms with Crippen molar-refractivity contribution in [3.05, 3.63) is 60.5 Å². The van der Waals surface area contributed by atoms with Gasteiger partial charge in [0.15, 0.2) is 0 Å². The van der Waals surface area contributed by atoms with Gasteiger partial charge in [0, 0.05) is 18.2 Å². The molecule has 0 saturated carbocycles. The van der Waals surface area contributed by atoms with E-state index in [0.717, 1.165) is 5.56 Å². The Morgan fingerprint density at radius 3 is 2.59 bits per heavy atom. The summed E-state index contributed by atoms with van der Waals surface area (Å²) < 4.78 is 10.7. The van der Waals surface area contributed by atoms with E-state index in [9.17, 15) is 9.59 Å². The number of carbonyl (C=O) groups excluding carboxylic acids is 2. The van der Waals surface area contributed by atoms with Gasteiger partial charge >= 0.3 is 0 Å². The lowest BCUT2D eigenvalue weighted by Gasteiger charge is -2.12. The Labute approximate surface area is 156 Å². The third-order valence-corrected chi connectivity index (χ3v) is 3.71. The molecule has 2 aromatic carbocycles. The summed E-state index contributed by atoms with van der Waals surface area (Å²) in [6, 6.07) is 14.5. The molecule has 0 unspecified atom stereocenters. The van der Waals surface area contributed by atoms with Gasteiger partial charge in [0.25, 0.3) is 0 Å². The topological polar surface area (TPSA) is 93.5 Å². The van der Waals surface area contributed by atoms with Crippen molar-refractivity contribution in [3.8, 4) is 17.2 Å².